The van der Waals surface area contributed by atoms with Crippen molar-refractivity contribution in [2.45, 2.75) is 17.1 Å². The molecule has 0 aliphatic rings. The molecule has 25 heavy (non-hydrogen) atoms. The van der Waals surface area contributed by atoms with Gasteiger partial charge in [0.25, 0.3) is 11.7 Å². The van der Waals surface area contributed by atoms with Crippen molar-refractivity contribution in [1.82, 2.24) is 10.3 Å². The van der Waals surface area contributed by atoms with Crippen molar-refractivity contribution >= 4 is 28.6 Å². The Labute approximate surface area is 148 Å². The van der Waals surface area contributed by atoms with Gasteiger partial charge >= 0.3 is 0 Å². The van der Waals surface area contributed by atoms with E-state index in [0.717, 1.165) is 16.5 Å². The Balaban J connectivity index is 1.59. The molecule has 0 unspecified atom stereocenters. The molecule has 0 bridgehead atoms. The molecule has 128 valence electrons. The number of nitrogens with one attached hydrogen (secondary N) is 1. The zero-order chi connectivity index (χ0) is 17.6. The highest BCUT2D eigenvalue weighted by Gasteiger charge is 2.09. The van der Waals surface area contributed by atoms with E-state index in [2.05, 4.69) is 10.3 Å². The number of amides is 1. The van der Waals surface area contributed by atoms with Gasteiger partial charge in [0, 0.05) is 28.6 Å². The van der Waals surface area contributed by atoms with Gasteiger partial charge in [-0.25, -0.2) is 0 Å². The topological polar surface area (TPSA) is 42.0 Å². The Morgan fingerprint density at radius 3 is 2.60 bits per heavy atom. The van der Waals surface area contributed by atoms with Gasteiger partial charge in [0.1, 0.15) is 0 Å². The molecular weight excluding hydrogens is 342 g/mol. The van der Waals surface area contributed by atoms with Gasteiger partial charge < -0.3 is 5.32 Å². The maximum absolute atomic E-state index is 12.3. The third-order valence-corrected chi connectivity index (χ3v) is 4.46. The fraction of sp³-hybridized carbons (Fsp3) is 0.158. The van der Waals surface area contributed by atoms with Gasteiger partial charge in [-0.3, -0.25) is 9.78 Å². The fourth-order valence-corrected chi connectivity index (χ4v) is 3.07. The van der Waals surface area contributed by atoms with Crippen LogP contribution < -0.4 is 5.32 Å². The summed E-state index contributed by atoms with van der Waals surface area (Å²) in [7, 11) is 0. The minimum atomic E-state index is -2.46. The molecule has 1 N–H and O–H groups in total. The minimum absolute atomic E-state index is 0.221. The molecule has 1 amide bonds. The van der Waals surface area contributed by atoms with E-state index in [1.54, 1.807) is 18.3 Å². The Hall–Kier alpha value is -2.47. The standard InChI is InChI=1S/C19H16F2N2OS/c20-19(21)25-16-8-6-15(7-9-16)18(24)23-12-10-14-4-1-3-13-5-2-11-22-17(13)14/h1-9,11,19H,10,12H2,(H,23,24). The largest absolute Gasteiger partial charge is 0.352 e. The molecule has 1 heterocycles. The van der Waals surface area contributed by atoms with Crippen LogP contribution in [0, 0.1) is 0 Å². The van der Waals surface area contributed by atoms with Gasteiger partial charge in [0.15, 0.2) is 0 Å². The van der Waals surface area contributed by atoms with Crippen LogP contribution in [0.1, 0.15) is 15.9 Å². The van der Waals surface area contributed by atoms with Crippen molar-refractivity contribution in [1.29, 1.82) is 0 Å². The van der Waals surface area contributed by atoms with Gasteiger partial charge in [-0.1, -0.05) is 36.0 Å². The van der Waals surface area contributed by atoms with E-state index in [0.29, 0.717) is 35.2 Å². The molecule has 0 atom stereocenters. The first-order chi connectivity index (χ1) is 12.1. The van der Waals surface area contributed by atoms with Gasteiger partial charge in [0.2, 0.25) is 0 Å². The van der Waals surface area contributed by atoms with Gasteiger partial charge in [-0.15, -0.1) is 0 Å². The van der Waals surface area contributed by atoms with Crippen LogP contribution in [0.3, 0.4) is 0 Å². The van der Waals surface area contributed by atoms with Crippen molar-refractivity contribution in [2.75, 3.05) is 6.54 Å². The van der Waals surface area contributed by atoms with Crippen LogP contribution in [0.2, 0.25) is 0 Å². The summed E-state index contributed by atoms with van der Waals surface area (Å²) in [5.74, 6) is -2.68. The molecule has 0 saturated carbocycles. The second-order valence-corrected chi connectivity index (χ2v) is 6.46. The first kappa shape index (κ1) is 17.4. The average Bonchev–Trinajstić information content (AvgIpc) is 2.62. The molecule has 3 rings (SSSR count). The summed E-state index contributed by atoms with van der Waals surface area (Å²) in [6.07, 6.45) is 2.42. The van der Waals surface area contributed by atoms with Gasteiger partial charge in [-0.2, -0.15) is 8.78 Å². The van der Waals surface area contributed by atoms with Crippen molar-refractivity contribution in [2.24, 2.45) is 0 Å². The van der Waals surface area contributed by atoms with Crippen LogP contribution in [0.15, 0.2) is 65.7 Å². The smallest absolute Gasteiger partial charge is 0.288 e. The third kappa shape index (κ3) is 4.54. The van der Waals surface area contributed by atoms with Crippen LogP contribution in [0.4, 0.5) is 8.78 Å². The molecule has 0 aliphatic carbocycles. The molecule has 3 aromatic rings. The zero-order valence-corrected chi connectivity index (χ0v) is 14.1. The number of thioether (sulfide) groups is 1. The van der Waals surface area contributed by atoms with Crippen LogP contribution in [-0.2, 0) is 6.42 Å². The summed E-state index contributed by atoms with van der Waals surface area (Å²) in [6.45, 7) is 0.474. The summed E-state index contributed by atoms with van der Waals surface area (Å²) >= 11 is 0.463. The van der Waals surface area contributed by atoms with E-state index in [1.165, 1.54) is 12.1 Å². The molecule has 0 aliphatic heterocycles. The maximum Gasteiger partial charge on any atom is 0.288 e. The number of halogens is 2. The number of fused-ring (bicyclic) bond motifs is 1. The summed E-state index contributed by atoms with van der Waals surface area (Å²) in [5.41, 5.74) is 2.46. The molecule has 0 spiro atoms. The quantitative estimate of drug-likeness (QED) is 0.659. The molecule has 1 aromatic heterocycles. The van der Waals surface area contributed by atoms with E-state index in [-0.39, 0.29) is 5.91 Å². The minimum Gasteiger partial charge on any atom is -0.352 e. The van der Waals surface area contributed by atoms with E-state index >= 15 is 0 Å². The number of alkyl halides is 2. The Morgan fingerprint density at radius 1 is 1.08 bits per heavy atom. The van der Waals surface area contributed by atoms with Crippen LogP contribution in [-0.4, -0.2) is 23.2 Å². The monoisotopic (exact) mass is 358 g/mol. The Bertz CT molecular complexity index is 863. The number of pyridine rings is 1. The van der Waals surface area contributed by atoms with E-state index in [4.69, 9.17) is 0 Å². The van der Waals surface area contributed by atoms with Crippen LogP contribution >= 0.6 is 11.8 Å². The predicted octanol–water partition coefficient (Wildman–Crippen LogP) is 4.52. The number of rotatable bonds is 6. The highest BCUT2D eigenvalue weighted by molar-refractivity contribution is 7.99. The lowest BCUT2D eigenvalue weighted by Crippen LogP contribution is -2.25. The second-order valence-electron chi connectivity index (χ2n) is 5.40. The van der Waals surface area contributed by atoms with Gasteiger partial charge in [-0.05, 0) is 42.3 Å². The van der Waals surface area contributed by atoms with Crippen LogP contribution in [0.5, 0.6) is 0 Å². The molecule has 0 fully saturated rings. The lowest BCUT2D eigenvalue weighted by atomic mass is 10.1. The highest BCUT2D eigenvalue weighted by atomic mass is 32.2. The lowest BCUT2D eigenvalue weighted by molar-refractivity contribution is 0.0954. The van der Waals surface area contributed by atoms with Gasteiger partial charge in [0.05, 0.1) is 5.52 Å². The van der Waals surface area contributed by atoms with E-state index < -0.39 is 5.76 Å². The SMILES string of the molecule is O=C(NCCc1cccc2cccnc12)c1ccc(SC(F)F)cc1. The Morgan fingerprint density at radius 2 is 1.84 bits per heavy atom. The molecule has 3 nitrogen and oxygen atoms in total. The number of benzene rings is 2. The van der Waals surface area contributed by atoms with E-state index in [9.17, 15) is 13.6 Å². The number of carbonyl (C=O) groups excluding carboxylic acids is 1. The number of hydrogen-bond donors (Lipinski definition) is 1. The maximum atomic E-state index is 12.3. The first-order valence-electron chi connectivity index (χ1n) is 7.79. The normalized spacial score (nSPS) is 11.0. The number of aromatic nitrogens is 1. The second kappa shape index (κ2) is 8.07. The molecule has 0 radical (unpaired) electrons. The Kier molecular flexibility index (Phi) is 5.60. The number of para-hydroxylation sites is 1. The number of hydrogen-bond acceptors (Lipinski definition) is 3. The molecule has 0 saturated heterocycles. The van der Waals surface area contributed by atoms with Crippen LogP contribution in [0.25, 0.3) is 10.9 Å². The zero-order valence-electron chi connectivity index (χ0n) is 13.3. The summed E-state index contributed by atoms with van der Waals surface area (Å²) in [4.78, 5) is 17.0. The average molecular weight is 358 g/mol. The first-order valence-corrected chi connectivity index (χ1v) is 8.67. The predicted molar refractivity (Wildman–Crippen MR) is 96.1 cm³/mol. The van der Waals surface area contributed by atoms with Crippen molar-refractivity contribution in [3.8, 4) is 0 Å². The summed E-state index contributed by atoms with van der Waals surface area (Å²) < 4.78 is 24.6. The lowest BCUT2D eigenvalue weighted by Gasteiger charge is -2.08. The highest BCUT2D eigenvalue weighted by Crippen LogP contribution is 2.25. The third-order valence-electron chi connectivity index (χ3n) is 3.74. The number of carbonyl (C=O) groups is 1. The summed E-state index contributed by atoms with van der Waals surface area (Å²) in [6, 6.07) is 16.0. The van der Waals surface area contributed by atoms with Crippen molar-refractivity contribution in [3.05, 3.63) is 71.9 Å². The van der Waals surface area contributed by atoms with Crippen molar-refractivity contribution < 1.29 is 13.6 Å². The summed E-state index contributed by atoms with van der Waals surface area (Å²) in [5, 5.41) is 3.92. The number of nitrogens with zero attached hydrogens (tertiary/aromatic N) is 1. The molecular formula is C19H16F2N2OS. The molecule has 6 heteroatoms. The fourth-order valence-electron chi connectivity index (χ4n) is 2.57. The van der Waals surface area contributed by atoms with E-state index in [1.807, 2.05) is 30.3 Å². The van der Waals surface area contributed by atoms with Crippen molar-refractivity contribution in [3.63, 3.8) is 0 Å². The molecule has 2 aromatic carbocycles.